The van der Waals surface area contributed by atoms with Crippen LogP contribution in [0, 0.1) is 6.92 Å². The Balaban J connectivity index is 2.42. The molecule has 3 rings (SSSR count). The Hall–Kier alpha value is -2.14. The topological polar surface area (TPSA) is 54.0 Å². The molecule has 21 heavy (non-hydrogen) atoms. The first-order valence-electron chi connectivity index (χ1n) is 6.82. The van der Waals surface area contributed by atoms with Crippen LogP contribution in [0.2, 0.25) is 0 Å². The fraction of sp³-hybridized carbons (Fsp3) is 0.250. The molecule has 108 valence electrons. The van der Waals surface area contributed by atoms with Gasteiger partial charge in [0, 0.05) is 24.9 Å². The Labute approximate surface area is 127 Å². The number of nitrogen functional groups attached to an aromatic ring is 1. The average Bonchev–Trinajstić information content (AvgIpc) is 2.45. The maximum Gasteiger partial charge on any atom is 0.203 e. The Morgan fingerprint density at radius 2 is 1.95 bits per heavy atom. The summed E-state index contributed by atoms with van der Waals surface area (Å²) in [6, 6.07) is 8.38. The predicted molar refractivity (Wildman–Crippen MR) is 92.1 cm³/mol. The van der Waals surface area contributed by atoms with Crippen LogP contribution in [0.1, 0.15) is 5.56 Å². The molecular formula is C16H19N4S+. The van der Waals surface area contributed by atoms with E-state index in [1.165, 1.54) is 5.56 Å². The van der Waals surface area contributed by atoms with Gasteiger partial charge in [0.25, 0.3) is 0 Å². The van der Waals surface area contributed by atoms with Crippen molar-refractivity contribution in [3.05, 3.63) is 35.2 Å². The molecule has 0 radical (unpaired) electrons. The minimum atomic E-state index is 0.727. The molecule has 0 bridgehead atoms. The van der Waals surface area contributed by atoms with Crippen LogP contribution in [0.5, 0.6) is 0 Å². The third-order valence-corrected chi connectivity index (χ3v) is 4.71. The number of nitrogens with two attached hydrogens (primary N) is 1. The molecule has 5 heteroatoms. The van der Waals surface area contributed by atoms with Crippen molar-refractivity contribution in [2.24, 2.45) is 0 Å². The Bertz CT molecular complexity index is 875. The molecule has 4 nitrogen and oxygen atoms in total. The number of benzene rings is 2. The minimum Gasteiger partial charge on any atom is -0.397 e. The van der Waals surface area contributed by atoms with E-state index in [0.29, 0.717) is 0 Å². The molecule has 0 saturated heterocycles. The third-order valence-electron chi connectivity index (χ3n) is 3.63. The lowest BCUT2D eigenvalue weighted by atomic mass is 10.1. The van der Waals surface area contributed by atoms with Gasteiger partial charge in [0.15, 0.2) is 0 Å². The summed E-state index contributed by atoms with van der Waals surface area (Å²) in [7, 11) is 5.97. The number of aryl methyl sites for hydroxylation is 1. The molecule has 1 aliphatic carbocycles. The van der Waals surface area contributed by atoms with Crippen LogP contribution in [-0.4, -0.2) is 26.1 Å². The predicted octanol–water partition coefficient (Wildman–Crippen LogP) is 2.37. The number of nitrogens with zero attached hydrogens (tertiary/aromatic N) is 2. The molecule has 0 spiro atoms. The van der Waals surface area contributed by atoms with Crippen molar-refractivity contribution in [2.45, 2.75) is 6.92 Å². The van der Waals surface area contributed by atoms with E-state index in [0.717, 1.165) is 37.5 Å². The smallest absolute Gasteiger partial charge is 0.203 e. The van der Waals surface area contributed by atoms with Crippen LogP contribution < -0.4 is 21.0 Å². The van der Waals surface area contributed by atoms with Crippen molar-refractivity contribution in [2.75, 3.05) is 32.2 Å². The van der Waals surface area contributed by atoms with Gasteiger partial charge in [-0.15, -0.1) is 11.3 Å². The number of fused-ring (bicyclic) bond motifs is 2. The van der Waals surface area contributed by atoms with Crippen LogP contribution in [0.15, 0.2) is 24.3 Å². The number of rotatable bonds is 1. The lowest BCUT2D eigenvalue weighted by molar-refractivity contribution is 0.814. The maximum absolute atomic E-state index is 6.19. The summed E-state index contributed by atoms with van der Waals surface area (Å²) in [5, 5.41) is 4.32. The van der Waals surface area contributed by atoms with E-state index in [9.17, 15) is 0 Å². The first-order chi connectivity index (χ1) is 9.99. The highest BCUT2D eigenvalue weighted by Gasteiger charge is 2.14. The summed E-state index contributed by atoms with van der Waals surface area (Å²) in [6.45, 7) is 2.08. The normalized spacial score (nSPS) is 11.0. The van der Waals surface area contributed by atoms with Gasteiger partial charge in [-0.05, 0) is 24.6 Å². The Morgan fingerprint density at radius 1 is 1.19 bits per heavy atom. The summed E-state index contributed by atoms with van der Waals surface area (Å²) < 4.78 is 3.22. The van der Waals surface area contributed by atoms with E-state index < -0.39 is 0 Å². The number of hydrogen-bond donors (Lipinski definition) is 2. The number of aromatic nitrogens is 1. The van der Waals surface area contributed by atoms with Crippen LogP contribution in [0.3, 0.4) is 0 Å². The summed E-state index contributed by atoms with van der Waals surface area (Å²) in [6.07, 6.45) is 0. The maximum atomic E-state index is 6.19. The summed E-state index contributed by atoms with van der Waals surface area (Å²) >= 11 is 1.73. The minimum absolute atomic E-state index is 0.727. The molecule has 0 fully saturated rings. The quantitative estimate of drug-likeness (QED) is 0.412. The van der Waals surface area contributed by atoms with Crippen molar-refractivity contribution >= 4 is 32.9 Å². The third kappa shape index (κ3) is 2.34. The van der Waals surface area contributed by atoms with Crippen molar-refractivity contribution in [1.82, 2.24) is 9.56 Å². The largest absolute Gasteiger partial charge is 0.397 e. The van der Waals surface area contributed by atoms with E-state index in [-0.39, 0.29) is 0 Å². The highest BCUT2D eigenvalue weighted by Crippen LogP contribution is 2.34. The molecular weight excluding hydrogens is 280 g/mol. The van der Waals surface area contributed by atoms with Gasteiger partial charge in [0.05, 0.1) is 20.8 Å². The van der Waals surface area contributed by atoms with Crippen LogP contribution in [0.4, 0.5) is 11.4 Å². The zero-order valence-electron chi connectivity index (χ0n) is 12.7. The molecule has 1 aromatic carbocycles. The van der Waals surface area contributed by atoms with Gasteiger partial charge in [-0.1, -0.05) is 0 Å². The van der Waals surface area contributed by atoms with Crippen molar-refractivity contribution in [3.63, 3.8) is 0 Å². The second kappa shape index (κ2) is 5.00. The zero-order chi connectivity index (χ0) is 15.1. The molecule has 0 saturated carbocycles. The fourth-order valence-electron chi connectivity index (χ4n) is 2.42. The molecule has 0 atom stereocenters. The first-order valence-corrected chi connectivity index (χ1v) is 7.64. The monoisotopic (exact) mass is 299 g/mol. The summed E-state index contributed by atoms with van der Waals surface area (Å²) in [5.74, 6) is 0. The van der Waals surface area contributed by atoms with E-state index in [1.54, 1.807) is 11.3 Å². The van der Waals surface area contributed by atoms with E-state index in [1.807, 2.05) is 27.2 Å². The summed E-state index contributed by atoms with van der Waals surface area (Å²) in [4.78, 5) is 5.86. The average molecular weight is 299 g/mol. The number of anilines is 2. The van der Waals surface area contributed by atoms with Crippen molar-refractivity contribution in [1.29, 1.82) is 0 Å². The fourth-order valence-corrected chi connectivity index (χ4v) is 3.48. The lowest BCUT2D eigenvalue weighted by Gasteiger charge is -2.11. The highest BCUT2D eigenvalue weighted by atomic mass is 32.1. The highest BCUT2D eigenvalue weighted by molar-refractivity contribution is 7.21. The second-order valence-electron chi connectivity index (χ2n) is 5.37. The zero-order valence-corrected chi connectivity index (χ0v) is 13.5. The van der Waals surface area contributed by atoms with Gasteiger partial charge < -0.3 is 11.1 Å². The number of nitrogens with one attached hydrogen (secondary N) is 1. The molecule has 0 unspecified atom stereocenters. The Morgan fingerprint density at radius 3 is 2.62 bits per heavy atom. The van der Waals surface area contributed by atoms with Crippen LogP contribution in [0.25, 0.3) is 20.8 Å². The van der Waals surface area contributed by atoms with Gasteiger partial charge in [0.1, 0.15) is 19.8 Å². The van der Waals surface area contributed by atoms with E-state index in [2.05, 4.69) is 35.0 Å². The molecule has 3 N–H and O–H groups in total. The standard InChI is InChI=1S/C16H18N4S/c1-9-5-13-14(8-12(9)18-2)21-15-7-10(20(3)4)6-11(17)16(15)19-13/h5-8H,1-4H3,(H2,17,18)/p+1. The first kappa shape index (κ1) is 13.8. The van der Waals surface area contributed by atoms with Gasteiger partial charge in [-0.2, -0.15) is 0 Å². The van der Waals surface area contributed by atoms with E-state index in [4.69, 9.17) is 10.7 Å². The molecule has 1 aromatic rings. The molecule has 0 amide bonds. The number of hydrogen-bond acceptors (Lipinski definition) is 4. The van der Waals surface area contributed by atoms with Crippen molar-refractivity contribution in [3.8, 4) is 10.6 Å². The second-order valence-corrected chi connectivity index (χ2v) is 6.46. The Kier molecular flexibility index (Phi) is 3.29. The van der Waals surface area contributed by atoms with Gasteiger partial charge in [-0.25, -0.2) is 9.56 Å². The lowest BCUT2D eigenvalue weighted by Crippen LogP contribution is -2.22. The van der Waals surface area contributed by atoms with Gasteiger partial charge >= 0.3 is 0 Å². The van der Waals surface area contributed by atoms with Gasteiger partial charge in [0.2, 0.25) is 5.36 Å². The molecule has 1 heterocycles. The van der Waals surface area contributed by atoms with Gasteiger partial charge in [-0.3, -0.25) is 0 Å². The molecule has 1 aliphatic heterocycles. The van der Waals surface area contributed by atoms with Crippen molar-refractivity contribution < 1.29 is 0 Å². The molecule has 2 aliphatic rings. The molecule has 0 aromatic heterocycles. The van der Waals surface area contributed by atoms with E-state index >= 15 is 0 Å². The SMILES string of the molecule is CNc1cc2sc3cc(=[N+](C)C)cc(N)c-3nc2cc1C. The summed E-state index contributed by atoms with van der Waals surface area (Å²) in [5.41, 5.74) is 11.1. The van der Waals surface area contributed by atoms with Crippen LogP contribution in [-0.2, 0) is 0 Å². The van der Waals surface area contributed by atoms with Crippen LogP contribution >= 0.6 is 11.3 Å².